The van der Waals surface area contributed by atoms with Crippen LogP contribution in [0.1, 0.15) is 26.7 Å². The standard InChI is InChI=1S/C10H20N2O/c1-7-4-5-8(2)10(7)12-6-9(13)11-3/h7-8,10,12H,4-6H2,1-3H3,(H,11,13). The van der Waals surface area contributed by atoms with E-state index in [1.807, 2.05) is 0 Å². The highest BCUT2D eigenvalue weighted by Crippen LogP contribution is 2.30. The van der Waals surface area contributed by atoms with Gasteiger partial charge < -0.3 is 10.6 Å². The van der Waals surface area contributed by atoms with E-state index in [1.54, 1.807) is 7.05 Å². The summed E-state index contributed by atoms with van der Waals surface area (Å²) in [6, 6.07) is 0.525. The van der Waals surface area contributed by atoms with Gasteiger partial charge in [-0.25, -0.2) is 0 Å². The second-order valence-corrected chi connectivity index (χ2v) is 4.11. The number of nitrogens with one attached hydrogen (secondary N) is 2. The van der Waals surface area contributed by atoms with E-state index < -0.39 is 0 Å². The average molecular weight is 184 g/mol. The fourth-order valence-electron chi connectivity index (χ4n) is 2.15. The maximum absolute atomic E-state index is 11.0. The highest BCUT2D eigenvalue weighted by molar-refractivity contribution is 5.77. The molecule has 76 valence electrons. The second kappa shape index (κ2) is 4.61. The molecule has 0 bridgehead atoms. The molecule has 0 aromatic rings. The van der Waals surface area contributed by atoms with Crippen LogP contribution in [0.3, 0.4) is 0 Å². The molecule has 0 saturated heterocycles. The third-order valence-electron chi connectivity index (χ3n) is 3.08. The quantitative estimate of drug-likeness (QED) is 0.680. The molecule has 0 radical (unpaired) electrons. The van der Waals surface area contributed by atoms with Crippen LogP contribution in [-0.2, 0) is 4.79 Å². The number of carbonyl (C=O) groups excluding carboxylic acids is 1. The first-order valence-corrected chi connectivity index (χ1v) is 5.09. The number of amides is 1. The van der Waals surface area contributed by atoms with E-state index in [2.05, 4.69) is 24.5 Å². The molecule has 1 aliphatic rings. The van der Waals surface area contributed by atoms with Gasteiger partial charge >= 0.3 is 0 Å². The molecule has 0 spiro atoms. The molecule has 0 aromatic carbocycles. The summed E-state index contributed by atoms with van der Waals surface area (Å²) in [6.07, 6.45) is 2.57. The van der Waals surface area contributed by atoms with E-state index >= 15 is 0 Å². The largest absolute Gasteiger partial charge is 0.358 e. The summed E-state index contributed by atoms with van der Waals surface area (Å²) >= 11 is 0. The van der Waals surface area contributed by atoms with Gasteiger partial charge in [0, 0.05) is 13.1 Å². The van der Waals surface area contributed by atoms with Crippen LogP contribution in [0.25, 0.3) is 0 Å². The van der Waals surface area contributed by atoms with Gasteiger partial charge in [0.15, 0.2) is 0 Å². The highest BCUT2D eigenvalue weighted by Gasteiger charge is 2.29. The summed E-state index contributed by atoms with van der Waals surface area (Å²) in [5, 5.41) is 5.94. The summed E-state index contributed by atoms with van der Waals surface area (Å²) in [7, 11) is 1.67. The second-order valence-electron chi connectivity index (χ2n) is 4.11. The maximum atomic E-state index is 11.0. The molecule has 2 N–H and O–H groups in total. The van der Waals surface area contributed by atoms with Crippen LogP contribution in [0, 0.1) is 11.8 Å². The highest BCUT2D eigenvalue weighted by atomic mass is 16.1. The SMILES string of the molecule is CNC(=O)CNC1C(C)CCC1C. The predicted molar refractivity (Wildman–Crippen MR) is 53.4 cm³/mol. The van der Waals surface area contributed by atoms with Crippen LogP contribution in [0.15, 0.2) is 0 Å². The Hall–Kier alpha value is -0.570. The lowest BCUT2D eigenvalue weighted by Gasteiger charge is -2.20. The molecule has 1 rings (SSSR count). The molecule has 1 saturated carbocycles. The minimum atomic E-state index is 0.0753. The minimum absolute atomic E-state index is 0.0753. The van der Waals surface area contributed by atoms with Gasteiger partial charge in [0.2, 0.25) is 5.91 Å². The van der Waals surface area contributed by atoms with Crippen molar-refractivity contribution in [2.45, 2.75) is 32.7 Å². The first-order valence-electron chi connectivity index (χ1n) is 5.09. The number of hydrogen-bond acceptors (Lipinski definition) is 2. The minimum Gasteiger partial charge on any atom is -0.358 e. The topological polar surface area (TPSA) is 41.1 Å². The normalized spacial score (nSPS) is 33.3. The molecule has 1 aliphatic carbocycles. The molecule has 1 fully saturated rings. The summed E-state index contributed by atoms with van der Waals surface area (Å²) in [5.41, 5.74) is 0. The van der Waals surface area contributed by atoms with Crippen molar-refractivity contribution < 1.29 is 4.79 Å². The van der Waals surface area contributed by atoms with Gasteiger partial charge in [0.25, 0.3) is 0 Å². The van der Waals surface area contributed by atoms with E-state index in [9.17, 15) is 4.79 Å². The summed E-state index contributed by atoms with van der Waals surface area (Å²) < 4.78 is 0. The Kier molecular flexibility index (Phi) is 3.72. The fourth-order valence-corrected chi connectivity index (χ4v) is 2.15. The van der Waals surface area contributed by atoms with Crippen LogP contribution < -0.4 is 10.6 Å². The van der Waals surface area contributed by atoms with Crippen LogP contribution in [-0.4, -0.2) is 25.5 Å². The molecule has 0 aliphatic heterocycles. The van der Waals surface area contributed by atoms with E-state index in [-0.39, 0.29) is 5.91 Å². The Morgan fingerprint density at radius 2 is 1.85 bits per heavy atom. The maximum Gasteiger partial charge on any atom is 0.233 e. The van der Waals surface area contributed by atoms with Crippen molar-refractivity contribution in [3.05, 3.63) is 0 Å². The van der Waals surface area contributed by atoms with Gasteiger partial charge in [-0.2, -0.15) is 0 Å². The van der Waals surface area contributed by atoms with Gasteiger partial charge in [0.05, 0.1) is 6.54 Å². The molecule has 1 amide bonds. The number of carbonyl (C=O) groups is 1. The lowest BCUT2D eigenvalue weighted by atomic mass is 10.0. The van der Waals surface area contributed by atoms with Gasteiger partial charge in [-0.05, 0) is 24.7 Å². The van der Waals surface area contributed by atoms with E-state index in [0.29, 0.717) is 24.4 Å². The summed E-state index contributed by atoms with van der Waals surface area (Å²) in [5.74, 6) is 1.49. The first kappa shape index (κ1) is 10.5. The molecule has 3 nitrogen and oxygen atoms in total. The van der Waals surface area contributed by atoms with E-state index in [4.69, 9.17) is 0 Å². The van der Waals surface area contributed by atoms with Crippen molar-refractivity contribution in [2.75, 3.05) is 13.6 Å². The smallest absolute Gasteiger partial charge is 0.233 e. The fraction of sp³-hybridized carbons (Fsp3) is 0.900. The Balaban J connectivity index is 2.31. The van der Waals surface area contributed by atoms with Crippen molar-refractivity contribution in [3.8, 4) is 0 Å². The third kappa shape index (κ3) is 2.69. The van der Waals surface area contributed by atoms with Crippen molar-refractivity contribution in [1.29, 1.82) is 0 Å². The van der Waals surface area contributed by atoms with Crippen LogP contribution in [0.2, 0.25) is 0 Å². The first-order chi connectivity index (χ1) is 6.15. The van der Waals surface area contributed by atoms with Crippen molar-refractivity contribution in [2.24, 2.45) is 11.8 Å². The molecule has 13 heavy (non-hydrogen) atoms. The van der Waals surface area contributed by atoms with Crippen molar-refractivity contribution in [1.82, 2.24) is 10.6 Å². The number of hydrogen-bond donors (Lipinski definition) is 2. The zero-order valence-electron chi connectivity index (χ0n) is 8.76. The van der Waals surface area contributed by atoms with Crippen LogP contribution >= 0.6 is 0 Å². The zero-order chi connectivity index (χ0) is 9.84. The third-order valence-corrected chi connectivity index (χ3v) is 3.08. The molecule has 0 heterocycles. The molecular weight excluding hydrogens is 164 g/mol. The van der Waals surface area contributed by atoms with Gasteiger partial charge in [0.1, 0.15) is 0 Å². The van der Waals surface area contributed by atoms with Crippen LogP contribution in [0.4, 0.5) is 0 Å². The van der Waals surface area contributed by atoms with Crippen molar-refractivity contribution >= 4 is 5.91 Å². The van der Waals surface area contributed by atoms with E-state index in [0.717, 1.165) is 0 Å². The Morgan fingerprint density at radius 3 is 2.31 bits per heavy atom. The van der Waals surface area contributed by atoms with Gasteiger partial charge in [-0.15, -0.1) is 0 Å². The average Bonchev–Trinajstić information content (AvgIpc) is 2.43. The summed E-state index contributed by atoms with van der Waals surface area (Å²) in [6.45, 7) is 4.96. The lowest BCUT2D eigenvalue weighted by molar-refractivity contribution is -0.119. The van der Waals surface area contributed by atoms with E-state index in [1.165, 1.54) is 12.8 Å². The Labute approximate surface area is 80.3 Å². The lowest BCUT2D eigenvalue weighted by Crippen LogP contribution is -2.41. The van der Waals surface area contributed by atoms with Crippen LogP contribution in [0.5, 0.6) is 0 Å². The molecule has 3 heteroatoms. The molecular formula is C10H20N2O. The Bertz CT molecular complexity index is 172. The van der Waals surface area contributed by atoms with Gasteiger partial charge in [-0.3, -0.25) is 4.79 Å². The Morgan fingerprint density at radius 1 is 1.31 bits per heavy atom. The monoisotopic (exact) mass is 184 g/mol. The molecule has 0 aromatic heterocycles. The predicted octanol–water partition coefficient (Wildman–Crippen LogP) is 0.757. The number of rotatable bonds is 3. The molecule has 2 atom stereocenters. The summed E-state index contributed by atoms with van der Waals surface area (Å²) in [4.78, 5) is 11.0. The van der Waals surface area contributed by atoms with Crippen molar-refractivity contribution in [3.63, 3.8) is 0 Å². The molecule has 2 unspecified atom stereocenters. The zero-order valence-corrected chi connectivity index (χ0v) is 8.76. The van der Waals surface area contributed by atoms with Gasteiger partial charge in [-0.1, -0.05) is 13.8 Å². The number of likely N-dealkylation sites (N-methyl/N-ethyl adjacent to an activating group) is 1.